The van der Waals surface area contributed by atoms with Crippen LogP contribution in [0.2, 0.25) is 5.02 Å². The molecule has 0 aliphatic heterocycles. The van der Waals surface area contributed by atoms with Crippen molar-refractivity contribution in [2.75, 3.05) is 0 Å². The predicted octanol–water partition coefficient (Wildman–Crippen LogP) is 3.31. The Kier molecular flexibility index (Phi) is 2.80. The van der Waals surface area contributed by atoms with Crippen LogP contribution in [-0.2, 0) is 6.42 Å². The first kappa shape index (κ1) is 11.4. The van der Waals surface area contributed by atoms with E-state index in [0.717, 1.165) is 30.0 Å². The van der Waals surface area contributed by atoms with Crippen LogP contribution < -0.4 is 10.5 Å². The van der Waals surface area contributed by atoms with E-state index < -0.39 is 0 Å². The van der Waals surface area contributed by atoms with Crippen molar-refractivity contribution >= 4 is 11.6 Å². The van der Waals surface area contributed by atoms with Gasteiger partial charge in [-0.2, -0.15) is 0 Å². The van der Waals surface area contributed by atoms with Gasteiger partial charge in [0.05, 0.1) is 6.10 Å². The van der Waals surface area contributed by atoms with Gasteiger partial charge < -0.3 is 10.5 Å². The molecule has 3 rings (SSSR count). The van der Waals surface area contributed by atoms with Crippen LogP contribution in [0.4, 0.5) is 0 Å². The summed E-state index contributed by atoms with van der Waals surface area (Å²) >= 11 is 6.05. The average molecular weight is 252 g/mol. The molecule has 2 saturated carbocycles. The minimum atomic E-state index is 0.00239. The fourth-order valence-electron chi connectivity index (χ4n) is 2.19. The van der Waals surface area contributed by atoms with Gasteiger partial charge in [-0.25, -0.2) is 0 Å². The molecule has 0 saturated heterocycles. The summed E-state index contributed by atoms with van der Waals surface area (Å²) < 4.78 is 6.00. The molecular formula is C14H18ClNO. The van der Waals surface area contributed by atoms with Crippen LogP contribution in [0.1, 0.15) is 37.7 Å². The van der Waals surface area contributed by atoms with Crippen molar-refractivity contribution in [3.63, 3.8) is 0 Å². The van der Waals surface area contributed by atoms with E-state index in [1.807, 2.05) is 18.2 Å². The standard InChI is InChI=1S/C14H18ClNO/c15-11-4-5-13(17-12-2-1-3-12)10(8-11)9-14(16)6-7-14/h4-5,8,12H,1-3,6-7,9,16H2. The lowest BCUT2D eigenvalue weighted by atomic mass is 9.96. The van der Waals surface area contributed by atoms with Crippen molar-refractivity contribution in [2.45, 2.75) is 50.2 Å². The Labute approximate surface area is 107 Å². The van der Waals surface area contributed by atoms with E-state index in [1.54, 1.807) is 0 Å². The first-order valence-corrected chi connectivity index (χ1v) is 6.76. The monoisotopic (exact) mass is 251 g/mol. The fraction of sp³-hybridized carbons (Fsp3) is 0.571. The lowest BCUT2D eigenvalue weighted by Crippen LogP contribution is -2.27. The summed E-state index contributed by atoms with van der Waals surface area (Å²) in [6, 6.07) is 5.89. The lowest BCUT2D eigenvalue weighted by Gasteiger charge is -2.28. The molecule has 0 heterocycles. The number of rotatable bonds is 4. The van der Waals surface area contributed by atoms with Gasteiger partial charge in [0.2, 0.25) is 0 Å². The summed E-state index contributed by atoms with van der Waals surface area (Å²) in [4.78, 5) is 0. The van der Waals surface area contributed by atoms with Gasteiger partial charge in [-0.1, -0.05) is 11.6 Å². The van der Waals surface area contributed by atoms with Gasteiger partial charge in [-0.3, -0.25) is 0 Å². The van der Waals surface area contributed by atoms with Crippen LogP contribution >= 0.6 is 11.6 Å². The third-order valence-corrected chi connectivity index (χ3v) is 4.04. The van der Waals surface area contributed by atoms with Crippen molar-refractivity contribution in [1.82, 2.24) is 0 Å². The van der Waals surface area contributed by atoms with E-state index in [9.17, 15) is 0 Å². The molecule has 17 heavy (non-hydrogen) atoms. The summed E-state index contributed by atoms with van der Waals surface area (Å²) in [5, 5.41) is 0.769. The average Bonchev–Trinajstić information content (AvgIpc) is 2.92. The highest BCUT2D eigenvalue weighted by Gasteiger charge is 2.39. The van der Waals surface area contributed by atoms with Gasteiger partial charge in [-0.15, -0.1) is 0 Å². The molecule has 2 aliphatic carbocycles. The molecule has 1 aromatic carbocycles. The zero-order valence-corrected chi connectivity index (χ0v) is 10.7. The summed E-state index contributed by atoms with van der Waals surface area (Å²) in [5.74, 6) is 0.982. The lowest BCUT2D eigenvalue weighted by molar-refractivity contribution is 0.119. The van der Waals surface area contributed by atoms with Crippen molar-refractivity contribution in [1.29, 1.82) is 0 Å². The topological polar surface area (TPSA) is 35.2 Å². The molecule has 92 valence electrons. The second kappa shape index (κ2) is 4.18. The maximum absolute atomic E-state index is 6.18. The molecule has 3 heteroatoms. The second-order valence-electron chi connectivity index (χ2n) is 5.46. The zero-order chi connectivity index (χ0) is 11.9. The predicted molar refractivity (Wildman–Crippen MR) is 69.6 cm³/mol. The Morgan fingerprint density at radius 3 is 2.71 bits per heavy atom. The fourth-order valence-corrected chi connectivity index (χ4v) is 2.38. The van der Waals surface area contributed by atoms with E-state index in [4.69, 9.17) is 22.1 Å². The van der Waals surface area contributed by atoms with Gasteiger partial charge in [-0.05, 0) is 62.3 Å². The van der Waals surface area contributed by atoms with Gasteiger partial charge in [0.15, 0.2) is 0 Å². The van der Waals surface area contributed by atoms with Crippen molar-refractivity contribution in [3.8, 4) is 5.75 Å². The van der Waals surface area contributed by atoms with Gasteiger partial charge in [0, 0.05) is 10.6 Å². The molecule has 0 unspecified atom stereocenters. The molecule has 0 spiro atoms. The van der Waals surface area contributed by atoms with Gasteiger partial charge in [0.1, 0.15) is 5.75 Å². The zero-order valence-electron chi connectivity index (χ0n) is 9.92. The maximum Gasteiger partial charge on any atom is 0.123 e. The SMILES string of the molecule is NC1(Cc2cc(Cl)ccc2OC2CCC2)CC1. The molecule has 2 nitrogen and oxygen atoms in total. The van der Waals surface area contributed by atoms with Crippen molar-refractivity contribution in [2.24, 2.45) is 5.73 Å². The van der Waals surface area contributed by atoms with Gasteiger partial charge in [0.25, 0.3) is 0 Å². The Morgan fingerprint density at radius 1 is 1.35 bits per heavy atom. The van der Waals surface area contributed by atoms with E-state index in [1.165, 1.54) is 24.8 Å². The van der Waals surface area contributed by atoms with Crippen LogP contribution in [0.5, 0.6) is 5.75 Å². The highest BCUT2D eigenvalue weighted by Crippen LogP contribution is 2.39. The number of ether oxygens (including phenoxy) is 1. The molecule has 0 amide bonds. The van der Waals surface area contributed by atoms with Gasteiger partial charge >= 0.3 is 0 Å². The Balaban J connectivity index is 1.79. The number of hydrogen-bond donors (Lipinski definition) is 1. The normalized spacial score (nSPS) is 22.0. The van der Waals surface area contributed by atoms with E-state index in [2.05, 4.69) is 0 Å². The van der Waals surface area contributed by atoms with Crippen LogP contribution in [0.15, 0.2) is 18.2 Å². The molecule has 1 aromatic rings. The summed E-state index contributed by atoms with van der Waals surface area (Å²) in [5.41, 5.74) is 7.35. The van der Waals surface area contributed by atoms with Crippen LogP contribution in [0, 0.1) is 0 Å². The number of nitrogens with two attached hydrogens (primary N) is 1. The van der Waals surface area contributed by atoms with E-state index in [-0.39, 0.29) is 5.54 Å². The number of hydrogen-bond acceptors (Lipinski definition) is 2. The molecule has 2 N–H and O–H groups in total. The van der Waals surface area contributed by atoms with Crippen LogP contribution in [-0.4, -0.2) is 11.6 Å². The van der Waals surface area contributed by atoms with E-state index in [0.29, 0.717) is 6.10 Å². The van der Waals surface area contributed by atoms with Crippen molar-refractivity contribution in [3.05, 3.63) is 28.8 Å². The third-order valence-electron chi connectivity index (χ3n) is 3.80. The first-order chi connectivity index (χ1) is 8.15. The largest absolute Gasteiger partial charge is 0.490 e. The summed E-state index contributed by atoms with van der Waals surface area (Å²) in [6.45, 7) is 0. The van der Waals surface area contributed by atoms with Crippen molar-refractivity contribution < 1.29 is 4.74 Å². The molecule has 0 atom stereocenters. The quantitative estimate of drug-likeness (QED) is 0.891. The third kappa shape index (κ3) is 2.58. The molecule has 2 fully saturated rings. The smallest absolute Gasteiger partial charge is 0.123 e. The molecular weight excluding hydrogens is 234 g/mol. The number of halogens is 1. The van der Waals surface area contributed by atoms with Crippen LogP contribution in [0.25, 0.3) is 0 Å². The number of benzene rings is 1. The second-order valence-corrected chi connectivity index (χ2v) is 5.90. The first-order valence-electron chi connectivity index (χ1n) is 6.39. The highest BCUT2D eigenvalue weighted by atomic mass is 35.5. The molecule has 0 bridgehead atoms. The minimum absolute atomic E-state index is 0.00239. The molecule has 2 aliphatic rings. The Hall–Kier alpha value is -0.730. The van der Waals surface area contributed by atoms with Crippen LogP contribution in [0.3, 0.4) is 0 Å². The molecule has 0 radical (unpaired) electrons. The summed E-state index contributed by atoms with van der Waals surface area (Å²) in [7, 11) is 0. The minimum Gasteiger partial charge on any atom is -0.490 e. The van der Waals surface area contributed by atoms with E-state index >= 15 is 0 Å². The Morgan fingerprint density at radius 2 is 2.12 bits per heavy atom. The maximum atomic E-state index is 6.18. The highest BCUT2D eigenvalue weighted by molar-refractivity contribution is 6.30. The molecule has 0 aromatic heterocycles. The summed E-state index contributed by atoms with van der Waals surface area (Å²) in [6.07, 6.45) is 7.16. The Bertz CT molecular complexity index is 424.